The van der Waals surface area contributed by atoms with E-state index in [9.17, 15) is 0 Å². The Balaban J connectivity index is 2.59. The van der Waals surface area contributed by atoms with Crippen LogP contribution in [0.25, 0.3) is 0 Å². The second-order valence-electron chi connectivity index (χ2n) is 4.01. The Kier molecular flexibility index (Phi) is 4.46. The predicted molar refractivity (Wildman–Crippen MR) is 60.8 cm³/mol. The second-order valence-corrected chi connectivity index (χ2v) is 4.32. The van der Waals surface area contributed by atoms with E-state index >= 15 is 0 Å². The van der Waals surface area contributed by atoms with Crippen LogP contribution in [-0.4, -0.2) is 15.7 Å². The highest BCUT2D eigenvalue weighted by Crippen LogP contribution is 2.12. The molecule has 0 spiro atoms. The van der Waals surface area contributed by atoms with Gasteiger partial charge >= 0.3 is 0 Å². The van der Waals surface area contributed by atoms with Gasteiger partial charge in [0.1, 0.15) is 0 Å². The molecule has 14 heavy (non-hydrogen) atoms. The Bertz CT molecular complexity index is 270. The first kappa shape index (κ1) is 11.6. The van der Waals surface area contributed by atoms with E-state index in [0.29, 0.717) is 17.8 Å². The van der Waals surface area contributed by atoms with Gasteiger partial charge in [0, 0.05) is 18.1 Å². The standard InChI is InChI=1S/C11H19ClN2/c1-4-10(3)14-6-5-11(13-14)7-9(2)8-12/h5-6,9-10H,4,7-8H2,1-3H3. The lowest BCUT2D eigenvalue weighted by atomic mass is 10.1. The largest absolute Gasteiger partial charge is 0.270 e. The number of alkyl halides is 1. The Morgan fingerprint density at radius 3 is 2.79 bits per heavy atom. The van der Waals surface area contributed by atoms with Gasteiger partial charge in [-0.3, -0.25) is 4.68 Å². The molecule has 1 aromatic heterocycles. The first-order valence-corrected chi connectivity index (χ1v) is 5.80. The van der Waals surface area contributed by atoms with Crippen LogP contribution in [0.4, 0.5) is 0 Å². The van der Waals surface area contributed by atoms with Crippen molar-refractivity contribution in [3.8, 4) is 0 Å². The van der Waals surface area contributed by atoms with Crippen molar-refractivity contribution in [3.63, 3.8) is 0 Å². The molecule has 0 aliphatic heterocycles. The lowest BCUT2D eigenvalue weighted by Crippen LogP contribution is -2.06. The van der Waals surface area contributed by atoms with Crippen molar-refractivity contribution in [2.24, 2.45) is 5.92 Å². The van der Waals surface area contributed by atoms with Gasteiger partial charge in [-0.1, -0.05) is 13.8 Å². The van der Waals surface area contributed by atoms with Crippen molar-refractivity contribution in [2.75, 3.05) is 5.88 Å². The molecule has 0 aromatic carbocycles. The highest BCUT2D eigenvalue weighted by molar-refractivity contribution is 6.18. The van der Waals surface area contributed by atoms with E-state index in [1.165, 1.54) is 0 Å². The monoisotopic (exact) mass is 214 g/mol. The number of hydrogen-bond acceptors (Lipinski definition) is 1. The minimum Gasteiger partial charge on any atom is -0.270 e. The maximum absolute atomic E-state index is 5.76. The van der Waals surface area contributed by atoms with E-state index in [1.807, 2.05) is 4.68 Å². The second kappa shape index (κ2) is 5.40. The zero-order chi connectivity index (χ0) is 10.6. The number of hydrogen-bond donors (Lipinski definition) is 0. The number of aromatic nitrogens is 2. The average molecular weight is 215 g/mol. The minimum atomic E-state index is 0.495. The molecule has 2 atom stereocenters. The maximum atomic E-state index is 5.76. The Morgan fingerprint density at radius 2 is 2.21 bits per heavy atom. The summed E-state index contributed by atoms with van der Waals surface area (Å²) in [6, 6.07) is 2.59. The number of halogens is 1. The molecule has 0 N–H and O–H groups in total. The quantitative estimate of drug-likeness (QED) is 0.688. The summed E-state index contributed by atoms with van der Waals surface area (Å²) < 4.78 is 2.04. The molecule has 0 fully saturated rings. The lowest BCUT2D eigenvalue weighted by molar-refractivity contribution is 0.470. The summed E-state index contributed by atoms with van der Waals surface area (Å²) in [7, 11) is 0. The highest BCUT2D eigenvalue weighted by atomic mass is 35.5. The summed E-state index contributed by atoms with van der Waals surface area (Å²) >= 11 is 5.76. The summed E-state index contributed by atoms with van der Waals surface area (Å²) in [6.45, 7) is 6.50. The Labute approximate surface area is 91.3 Å². The summed E-state index contributed by atoms with van der Waals surface area (Å²) in [5, 5.41) is 4.53. The van der Waals surface area contributed by atoms with Gasteiger partial charge < -0.3 is 0 Å². The average Bonchev–Trinajstić information content (AvgIpc) is 2.65. The molecular weight excluding hydrogens is 196 g/mol. The molecule has 1 heterocycles. The molecule has 0 amide bonds. The number of nitrogens with zero attached hydrogens (tertiary/aromatic N) is 2. The van der Waals surface area contributed by atoms with Gasteiger partial charge in [-0.05, 0) is 31.7 Å². The molecule has 3 heteroatoms. The summed E-state index contributed by atoms with van der Waals surface area (Å²) in [5.41, 5.74) is 1.15. The fraction of sp³-hybridized carbons (Fsp3) is 0.727. The molecule has 1 aromatic rings. The van der Waals surface area contributed by atoms with Crippen LogP contribution in [-0.2, 0) is 6.42 Å². The molecular formula is C11H19ClN2. The normalized spacial score (nSPS) is 15.4. The van der Waals surface area contributed by atoms with Crippen LogP contribution in [0.15, 0.2) is 12.3 Å². The number of rotatable bonds is 5. The minimum absolute atomic E-state index is 0.495. The summed E-state index contributed by atoms with van der Waals surface area (Å²) in [6.07, 6.45) is 4.16. The van der Waals surface area contributed by atoms with E-state index in [2.05, 4.69) is 38.1 Å². The Morgan fingerprint density at radius 1 is 1.50 bits per heavy atom. The van der Waals surface area contributed by atoms with E-state index < -0.39 is 0 Å². The SMILES string of the molecule is CCC(C)n1ccc(CC(C)CCl)n1. The fourth-order valence-corrected chi connectivity index (χ4v) is 1.44. The van der Waals surface area contributed by atoms with Crippen LogP contribution < -0.4 is 0 Å². The van der Waals surface area contributed by atoms with E-state index in [1.54, 1.807) is 0 Å². The van der Waals surface area contributed by atoms with Gasteiger partial charge in [0.25, 0.3) is 0 Å². The van der Waals surface area contributed by atoms with Gasteiger partial charge in [-0.2, -0.15) is 5.10 Å². The first-order valence-electron chi connectivity index (χ1n) is 5.27. The lowest BCUT2D eigenvalue weighted by Gasteiger charge is -2.08. The molecule has 0 saturated carbocycles. The van der Waals surface area contributed by atoms with E-state index in [-0.39, 0.29) is 0 Å². The van der Waals surface area contributed by atoms with Crippen molar-refractivity contribution < 1.29 is 0 Å². The summed E-state index contributed by atoms with van der Waals surface area (Å²) in [4.78, 5) is 0. The van der Waals surface area contributed by atoms with Crippen LogP contribution in [0, 0.1) is 5.92 Å². The zero-order valence-electron chi connectivity index (χ0n) is 9.20. The maximum Gasteiger partial charge on any atom is 0.0627 e. The molecule has 2 unspecified atom stereocenters. The van der Waals surface area contributed by atoms with Gasteiger partial charge in [-0.15, -0.1) is 11.6 Å². The third-order valence-corrected chi connectivity index (χ3v) is 3.05. The third kappa shape index (κ3) is 3.02. The molecule has 0 radical (unpaired) electrons. The molecule has 80 valence electrons. The van der Waals surface area contributed by atoms with Crippen LogP contribution >= 0.6 is 11.6 Å². The van der Waals surface area contributed by atoms with E-state index in [4.69, 9.17) is 11.6 Å². The summed E-state index contributed by atoms with van der Waals surface area (Å²) in [5.74, 6) is 1.22. The highest BCUT2D eigenvalue weighted by Gasteiger charge is 2.07. The van der Waals surface area contributed by atoms with Crippen LogP contribution in [0.2, 0.25) is 0 Å². The Hall–Kier alpha value is -0.500. The molecule has 0 saturated heterocycles. The molecule has 2 nitrogen and oxygen atoms in total. The van der Waals surface area contributed by atoms with Crippen molar-refractivity contribution in [3.05, 3.63) is 18.0 Å². The van der Waals surface area contributed by atoms with Gasteiger partial charge in [0.15, 0.2) is 0 Å². The van der Waals surface area contributed by atoms with Crippen LogP contribution in [0.1, 0.15) is 38.9 Å². The van der Waals surface area contributed by atoms with Gasteiger partial charge in [0.2, 0.25) is 0 Å². The van der Waals surface area contributed by atoms with Gasteiger partial charge in [-0.25, -0.2) is 0 Å². The van der Waals surface area contributed by atoms with Crippen molar-refractivity contribution in [2.45, 2.75) is 39.7 Å². The van der Waals surface area contributed by atoms with Crippen molar-refractivity contribution >= 4 is 11.6 Å². The fourth-order valence-electron chi connectivity index (χ4n) is 1.33. The predicted octanol–water partition coefficient (Wildman–Crippen LogP) is 3.27. The third-order valence-electron chi connectivity index (χ3n) is 2.53. The van der Waals surface area contributed by atoms with Crippen molar-refractivity contribution in [1.29, 1.82) is 0 Å². The first-order chi connectivity index (χ1) is 6.67. The molecule has 0 aliphatic rings. The molecule has 0 bridgehead atoms. The smallest absolute Gasteiger partial charge is 0.0627 e. The van der Waals surface area contributed by atoms with Crippen LogP contribution in [0.5, 0.6) is 0 Å². The van der Waals surface area contributed by atoms with Crippen LogP contribution in [0.3, 0.4) is 0 Å². The molecule has 0 aliphatic carbocycles. The van der Waals surface area contributed by atoms with Gasteiger partial charge in [0.05, 0.1) is 5.69 Å². The topological polar surface area (TPSA) is 17.8 Å². The molecule has 1 rings (SSSR count). The van der Waals surface area contributed by atoms with Crippen molar-refractivity contribution in [1.82, 2.24) is 9.78 Å². The zero-order valence-corrected chi connectivity index (χ0v) is 9.96. The van der Waals surface area contributed by atoms with E-state index in [0.717, 1.165) is 18.5 Å².